The Morgan fingerprint density at radius 1 is 1.14 bits per heavy atom. The molecule has 0 spiro atoms. The summed E-state index contributed by atoms with van der Waals surface area (Å²) in [5.74, 6) is 1.34. The van der Waals surface area contributed by atoms with Crippen molar-refractivity contribution in [2.75, 3.05) is 7.11 Å². The predicted molar refractivity (Wildman–Crippen MR) is 77.9 cm³/mol. The summed E-state index contributed by atoms with van der Waals surface area (Å²) in [6.07, 6.45) is 0. The lowest BCUT2D eigenvalue weighted by molar-refractivity contribution is 0.280. The molecule has 0 saturated carbocycles. The number of hydrogen-bond acceptors (Lipinski definition) is 5. The third-order valence-electron chi connectivity index (χ3n) is 2.90. The highest BCUT2D eigenvalue weighted by molar-refractivity contribution is 5.99. The number of amidine groups is 1. The standard InChI is InChI=1S/C15H16N2O4/c1-20-14-8-10(9-18)6-7-13(14)21-12-5-3-2-4-11(12)15(16)17-19/h2-8,18-19H,9H2,1H3,(H2,16,17). The van der Waals surface area contributed by atoms with Gasteiger partial charge in [-0.1, -0.05) is 23.4 Å². The van der Waals surface area contributed by atoms with Crippen molar-refractivity contribution in [3.05, 3.63) is 53.6 Å². The fourth-order valence-corrected chi connectivity index (χ4v) is 1.83. The maximum absolute atomic E-state index is 9.13. The Morgan fingerprint density at radius 2 is 1.90 bits per heavy atom. The van der Waals surface area contributed by atoms with E-state index in [1.165, 1.54) is 7.11 Å². The van der Waals surface area contributed by atoms with Gasteiger partial charge in [0.25, 0.3) is 0 Å². The molecule has 21 heavy (non-hydrogen) atoms. The van der Waals surface area contributed by atoms with Crippen LogP contribution in [0.2, 0.25) is 0 Å². The van der Waals surface area contributed by atoms with E-state index in [-0.39, 0.29) is 12.4 Å². The molecule has 0 aliphatic rings. The Morgan fingerprint density at radius 3 is 2.57 bits per heavy atom. The van der Waals surface area contributed by atoms with Crippen LogP contribution in [0.3, 0.4) is 0 Å². The van der Waals surface area contributed by atoms with Crippen molar-refractivity contribution in [3.63, 3.8) is 0 Å². The molecule has 0 amide bonds. The van der Waals surface area contributed by atoms with Gasteiger partial charge in [-0.25, -0.2) is 0 Å². The number of rotatable bonds is 5. The predicted octanol–water partition coefficient (Wildman–Crippen LogP) is 2.07. The van der Waals surface area contributed by atoms with Gasteiger partial charge in [-0.3, -0.25) is 0 Å². The van der Waals surface area contributed by atoms with Crippen molar-refractivity contribution < 1.29 is 19.8 Å². The third-order valence-corrected chi connectivity index (χ3v) is 2.90. The molecule has 110 valence electrons. The molecule has 0 unspecified atom stereocenters. The van der Waals surface area contributed by atoms with E-state index >= 15 is 0 Å². The van der Waals surface area contributed by atoms with E-state index < -0.39 is 0 Å². The van der Waals surface area contributed by atoms with Crippen LogP contribution in [-0.4, -0.2) is 23.3 Å². The van der Waals surface area contributed by atoms with Crippen LogP contribution in [0.25, 0.3) is 0 Å². The van der Waals surface area contributed by atoms with Crippen LogP contribution in [0.4, 0.5) is 0 Å². The van der Waals surface area contributed by atoms with Crippen LogP contribution in [0.1, 0.15) is 11.1 Å². The average Bonchev–Trinajstić information content (AvgIpc) is 2.55. The van der Waals surface area contributed by atoms with Crippen molar-refractivity contribution in [2.24, 2.45) is 10.9 Å². The summed E-state index contributed by atoms with van der Waals surface area (Å²) < 4.78 is 11.0. The second kappa shape index (κ2) is 6.62. The Kier molecular flexibility index (Phi) is 4.63. The summed E-state index contributed by atoms with van der Waals surface area (Å²) in [6, 6.07) is 12.0. The van der Waals surface area contributed by atoms with Gasteiger partial charge in [0.2, 0.25) is 0 Å². The Balaban J connectivity index is 2.39. The summed E-state index contributed by atoms with van der Waals surface area (Å²) in [7, 11) is 1.51. The lowest BCUT2D eigenvalue weighted by Gasteiger charge is -2.13. The minimum Gasteiger partial charge on any atom is -0.493 e. The van der Waals surface area contributed by atoms with Gasteiger partial charge in [-0.2, -0.15) is 0 Å². The molecule has 6 heteroatoms. The molecule has 2 aromatic carbocycles. The zero-order chi connectivity index (χ0) is 15.2. The highest BCUT2D eigenvalue weighted by atomic mass is 16.5. The van der Waals surface area contributed by atoms with Crippen molar-refractivity contribution in [2.45, 2.75) is 6.61 Å². The fraction of sp³-hybridized carbons (Fsp3) is 0.133. The first-order valence-electron chi connectivity index (χ1n) is 6.22. The van der Waals surface area contributed by atoms with Gasteiger partial charge in [-0.15, -0.1) is 0 Å². The monoisotopic (exact) mass is 288 g/mol. The molecule has 2 aromatic rings. The summed E-state index contributed by atoms with van der Waals surface area (Å²) in [5, 5.41) is 20.9. The van der Waals surface area contributed by atoms with Gasteiger partial charge in [0.1, 0.15) is 5.75 Å². The van der Waals surface area contributed by atoms with Crippen LogP contribution in [0.15, 0.2) is 47.6 Å². The second-order valence-electron chi connectivity index (χ2n) is 4.23. The Hall–Kier alpha value is -2.73. The summed E-state index contributed by atoms with van der Waals surface area (Å²) in [5.41, 5.74) is 6.80. The first kappa shape index (κ1) is 14.7. The molecule has 0 fully saturated rings. The van der Waals surface area contributed by atoms with Crippen LogP contribution in [0, 0.1) is 0 Å². The zero-order valence-corrected chi connectivity index (χ0v) is 11.5. The zero-order valence-electron chi connectivity index (χ0n) is 11.5. The highest BCUT2D eigenvalue weighted by Crippen LogP contribution is 2.33. The van der Waals surface area contributed by atoms with E-state index in [4.69, 9.17) is 25.5 Å². The van der Waals surface area contributed by atoms with E-state index in [1.54, 1.807) is 42.5 Å². The molecule has 0 aliphatic carbocycles. The van der Waals surface area contributed by atoms with Crippen molar-refractivity contribution in [3.8, 4) is 17.2 Å². The molecule has 0 aromatic heterocycles. The smallest absolute Gasteiger partial charge is 0.173 e. The van der Waals surface area contributed by atoms with Crippen molar-refractivity contribution in [1.82, 2.24) is 0 Å². The second-order valence-corrected chi connectivity index (χ2v) is 4.23. The SMILES string of the molecule is COc1cc(CO)ccc1Oc1ccccc1/C(N)=N/O. The van der Waals surface area contributed by atoms with Crippen LogP contribution in [-0.2, 0) is 6.61 Å². The van der Waals surface area contributed by atoms with Gasteiger partial charge in [0.15, 0.2) is 17.3 Å². The first-order chi connectivity index (χ1) is 10.2. The third kappa shape index (κ3) is 3.24. The number of nitrogens with zero attached hydrogens (tertiary/aromatic N) is 1. The molecule has 4 N–H and O–H groups in total. The first-order valence-corrected chi connectivity index (χ1v) is 6.22. The summed E-state index contributed by atoms with van der Waals surface area (Å²) >= 11 is 0. The number of nitrogens with two attached hydrogens (primary N) is 1. The number of aliphatic hydroxyl groups excluding tert-OH is 1. The van der Waals surface area contributed by atoms with Gasteiger partial charge in [-0.05, 0) is 29.8 Å². The molecule has 0 aliphatic heterocycles. The number of methoxy groups -OCH3 is 1. The van der Waals surface area contributed by atoms with Gasteiger partial charge in [0.05, 0.1) is 19.3 Å². The molecule has 0 heterocycles. The quantitative estimate of drug-likeness (QED) is 0.339. The molecule has 2 rings (SSSR count). The number of oxime groups is 1. The van der Waals surface area contributed by atoms with Crippen molar-refractivity contribution in [1.29, 1.82) is 0 Å². The number of para-hydroxylation sites is 1. The van der Waals surface area contributed by atoms with E-state index in [0.717, 1.165) is 0 Å². The topological polar surface area (TPSA) is 97.3 Å². The van der Waals surface area contributed by atoms with Crippen molar-refractivity contribution >= 4 is 5.84 Å². The highest BCUT2D eigenvalue weighted by Gasteiger charge is 2.12. The Bertz CT molecular complexity index is 656. The maximum Gasteiger partial charge on any atom is 0.173 e. The molecular formula is C15H16N2O4. The fourth-order valence-electron chi connectivity index (χ4n) is 1.83. The van der Waals surface area contributed by atoms with Gasteiger partial charge in [0, 0.05) is 0 Å². The molecule has 0 radical (unpaired) electrons. The van der Waals surface area contributed by atoms with E-state index in [0.29, 0.717) is 28.4 Å². The lowest BCUT2D eigenvalue weighted by Crippen LogP contribution is -2.14. The van der Waals surface area contributed by atoms with E-state index in [1.807, 2.05) is 0 Å². The van der Waals surface area contributed by atoms with Gasteiger partial charge < -0.3 is 25.5 Å². The number of hydrogen-bond donors (Lipinski definition) is 3. The minimum absolute atomic E-state index is 0.0449. The molecular weight excluding hydrogens is 272 g/mol. The van der Waals surface area contributed by atoms with E-state index in [9.17, 15) is 0 Å². The van der Waals surface area contributed by atoms with E-state index in [2.05, 4.69) is 5.16 Å². The molecule has 0 saturated heterocycles. The number of benzene rings is 2. The van der Waals surface area contributed by atoms with Crippen LogP contribution >= 0.6 is 0 Å². The maximum atomic E-state index is 9.13. The molecule has 0 bridgehead atoms. The lowest BCUT2D eigenvalue weighted by atomic mass is 10.1. The number of ether oxygens (including phenoxy) is 2. The summed E-state index contributed by atoms with van der Waals surface area (Å²) in [6.45, 7) is -0.0860. The molecule has 0 atom stereocenters. The minimum atomic E-state index is -0.0860. The average molecular weight is 288 g/mol. The summed E-state index contributed by atoms with van der Waals surface area (Å²) in [4.78, 5) is 0. The number of aliphatic hydroxyl groups is 1. The largest absolute Gasteiger partial charge is 0.493 e. The van der Waals surface area contributed by atoms with Gasteiger partial charge >= 0.3 is 0 Å². The Labute approximate surface area is 122 Å². The van der Waals surface area contributed by atoms with Crippen LogP contribution < -0.4 is 15.2 Å². The molecule has 6 nitrogen and oxygen atoms in total. The normalized spacial score (nSPS) is 11.2. The van der Waals surface area contributed by atoms with Crippen LogP contribution in [0.5, 0.6) is 17.2 Å².